The molecule has 0 aromatic heterocycles. The second kappa shape index (κ2) is 9.64. The number of para-hydroxylation sites is 2. The first-order chi connectivity index (χ1) is 10.1. The van der Waals surface area contributed by atoms with Crippen LogP contribution >= 0.6 is 0 Å². The molecule has 0 bridgehead atoms. The van der Waals surface area contributed by atoms with Gasteiger partial charge in [0.1, 0.15) is 0 Å². The van der Waals surface area contributed by atoms with Crippen LogP contribution in [0.25, 0.3) is 0 Å². The monoisotopic (exact) mass is 295 g/mol. The van der Waals surface area contributed by atoms with E-state index in [-0.39, 0.29) is 12.1 Å². The zero-order valence-corrected chi connectivity index (χ0v) is 13.5. The van der Waals surface area contributed by atoms with Gasteiger partial charge in [-0.15, -0.1) is 0 Å². The Morgan fingerprint density at radius 2 is 1.81 bits per heavy atom. The van der Waals surface area contributed by atoms with Crippen LogP contribution in [0.3, 0.4) is 0 Å². The summed E-state index contributed by atoms with van der Waals surface area (Å²) < 4.78 is 11.3. The van der Waals surface area contributed by atoms with E-state index in [4.69, 9.17) is 9.47 Å². The zero-order chi connectivity index (χ0) is 15.6. The summed E-state index contributed by atoms with van der Waals surface area (Å²) in [6, 6.07) is 7.72. The van der Waals surface area contributed by atoms with Crippen molar-refractivity contribution in [2.24, 2.45) is 0 Å². The second-order valence-corrected chi connectivity index (χ2v) is 5.48. The predicted octanol–water partition coefficient (Wildman–Crippen LogP) is 2.99. The Kier molecular flexibility index (Phi) is 8.16. The highest BCUT2D eigenvalue weighted by molar-refractivity contribution is 5.39. The lowest BCUT2D eigenvalue weighted by atomic mass is 9.97. The molecule has 4 heteroatoms. The minimum absolute atomic E-state index is 0.141. The third kappa shape index (κ3) is 6.36. The standard InChI is InChI=1S/C17H29NO3/c1-4-12-18-17(3,14-19)11-8-13-21-16-10-7-6-9-15(16)20-5-2/h6-7,9-10,18-19H,4-5,8,11-14H2,1-3H3. The Morgan fingerprint density at radius 1 is 1.14 bits per heavy atom. The Balaban J connectivity index is 2.39. The number of nitrogens with one attached hydrogen (secondary N) is 1. The minimum atomic E-state index is -0.223. The number of rotatable bonds is 11. The van der Waals surface area contributed by atoms with Gasteiger partial charge in [-0.05, 0) is 51.8 Å². The summed E-state index contributed by atoms with van der Waals surface area (Å²) in [5.74, 6) is 1.57. The van der Waals surface area contributed by atoms with Gasteiger partial charge in [0.05, 0.1) is 19.8 Å². The van der Waals surface area contributed by atoms with Crippen LogP contribution in [0.5, 0.6) is 11.5 Å². The van der Waals surface area contributed by atoms with E-state index in [1.54, 1.807) is 0 Å². The first-order valence-corrected chi connectivity index (χ1v) is 7.85. The highest BCUT2D eigenvalue weighted by Gasteiger charge is 2.21. The van der Waals surface area contributed by atoms with Gasteiger partial charge in [-0.25, -0.2) is 0 Å². The van der Waals surface area contributed by atoms with Crippen molar-refractivity contribution in [2.75, 3.05) is 26.4 Å². The Labute approximate surface area is 128 Å². The molecule has 0 aliphatic rings. The fraction of sp³-hybridized carbons (Fsp3) is 0.647. The molecule has 0 heterocycles. The van der Waals surface area contributed by atoms with E-state index in [9.17, 15) is 5.11 Å². The number of ether oxygens (including phenoxy) is 2. The Bertz CT molecular complexity index is 397. The SMILES string of the molecule is CCCNC(C)(CO)CCCOc1ccccc1OCC. The number of benzene rings is 1. The number of hydrogen-bond acceptors (Lipinski definition) is 4. The molecule has 120 valence electrons. The van der Waals surface area contributed by atoms with Crippen LogP contribution in [-0.2, 0) is 0 Å². The average molecular weight is 295 g/mol. The molecular weight excluding hydrogens is 266 g/mol. The molecular formula is C17H29NO3. The molecule has 21 heavy (non-hydrogen) atoms. The summed E-state index contributed by atoms with van der Waals surface area (Å²) in [6.45, 7) is 8.45. The van der Waals surface area contributed by atoms with E-state index in [1.165, 1.54) is 0 Å². The van der Waals surface area contributed by atoms with Crippen molar-refractivity contribution in [3.8, 4) is 11.5 Å². The fourth-order valence-electron chi connectivity index (χ4n) is 2.14. The molecule has 0 fully saturated rings. The van der Waals surface area contributed by atoms with E-state index < -0.39 is 0 Å². The molecule has 0 aliphatic heterocycles. The van der Waals surface area contributed by atoms with E-state index in [2.05, 4.69) is 19.2 Å². The summed E-state index contributed by atoms with van der Waals surface area (Å²) in [6.07, 6.45) is 2.82. The Morgan fingerprint density at radius 3 is 2.38 bits per heavy atom. The van der Waals surface area contributed by atoms with Crippen molar-refractivity contribution in [1.29, 1.82) is 0 Å². The largest absolute Gasteiger partial charge is 0.490 e. The molecule has 1 atom stereocenters. The fourth-order valence-corrected chi connectivity index (χ4v) is 2.14. The molecule has 0 aliphatic carbocycles. The van der Waals surface area contributed by atoms with Gasteiger partial charge in [-0.1, -0.05) is 19.1 Å². The highest BCUT2D eigenvalue weighted by atomic mass is 16.5. The maximum Gasteiger partial charge on any atom is 0.161 e. The highest BCUT2D eigenvalue weighted by Crippen LogP contribution is 2.26. The van der Waals surface area contributed by atoms with Gasteiger partial charge in [0.25, 0.3) is 0 Å². The summed E-state index contributed by atoms with van der Waals surface area (Å²) in [7, 11) is 0. The predicted molar refractivity (Wildman–Crippen MR) is 86.1 cm³/mol. The average Bonchev–Trinajstić information content (AvgIpc) is 2.51. The lowest BCUT2D eigenvalue weighted by molar-refractivity contribution is 0.155. The lowest BCUT2D eigenvalue weighted by Crippen LogP contribution is -2.46. The third-order valence-corrected chi connectivity index (χ3v) is 3.43. The molecule has 1 unspecified atom stereocenters. The van der Waals surface area contributed by atoms with Crippen molar-refractivity contribution in [2.45, 2.75) is 45.6 Å². The first-order valence-electron chi connectivity index (χ1n) is 7.85. The number of aliphatic hydroxyl groups is 1. The van der Waals surface area contributed by atoms with E-state index in [0.717, 1.165) is 37.3 Å². The zero-order valence-electron chi connectivity index (χ0n) is 13.5. The maximum absolute atomic E-state index is 9.52. The topological polar surface area (TPSA) is 50.7 Å². The van der Waals surface area contributed by atoms with E-state index >= 15 is 0 Å². The van der Waals surface area contributed by atoms with Crippen LogP contribution in [0.4, 0.5) is 0 Å². The molecule has 4 nitrogen and oxygen atoms in total. The number of aliphatic hydroxyl groups excluding tert-OH is 1. The van der Waals surface area contributed by atoms with Crippen molar-refractivity contribution < 1.29 is 14.6 Å². The van der Waals surface area contributed by atoms with Gasteiger partial charge in [-0.3, -0.25) is 0 Å². The minimum Gasteiger partial charge on any atom is -0.490 e. The smallest absolute Gasteiger partial charge is 0.161 e. The van der Waals surface area contributed by atoms with E-state index in [0.29, 0.717) is 13.2 Å². The van der Waals surface area contributed by atoms with Gasteiger partial charge in [0.2, 0.25) is 0 Å². The van der Waals surface area contributed by atoms with Gasteiger partial charge < -0.3 is 19.9 Å². The molecule has 0 saturated carbocycles. The van der Waals surface area contributed by atoms with Crippen molar-refractivity contribution in [3.05, 3.63) is 24.3 Å². The second-order valence-electron chi connectivity index (χ2n) is 5.48. The Hall–Kier alpha value is -1.26. The van der Waals surface area contributed by atoms with E-state index in [1.807, 2.05) is 31.2 Å². The lowest BCUT2D eigenvalue weighted by Gasteiger charge is -2.28. The maximum atomic E-state index is 9.52. The molecule has 1 rings (SSSR count). The van der Waals surface area contributed by atoms with Crippen molar-refractivity contribution >= 4 is 0 Å². The molecule has 0 radical (unpaired) electrons. The summed E-state index contributed by atoms with van der Waals surface area (Å²) in [4.78, 5) is 0. The van der Waals surface area contributed by atoms with Crippen LogP contribution < -0.4 is 14.8 Å². The van der Waals surface area contributed by atoms with Gasteiger partial charge in [0, 0.05) is 5.54 Å². The third-order valence-electron chi connectivity index (χ3n) is 3.43. The van der Waals surface area contributed by atoms with Crippen LogP contribution in [-0.4, -0.2) is 37.0 Å². The molecule has 1 aromatic rings. The normalized spacial score (nSPS) is 13.7. The van der Waals surface area contributed by atoms with Crippen molar-refractivity contribution in [1.82, 2.24) is 5.32 Å². The van der Waals surface area contributed by atoms with Gasteiger partial charge in [-0.2, -0.15) is 0 Å². The molecule has 0 amide bonds. The summed E-state index contributed by atoms with van der Waals surface area (Å²) >= 11 is 0. The number of hydrogen-bond donors (Lipinski definition) is 2. The van der Waals surface area contributed by atoms with Crippen molar-refractivity contribution in [3.63, 3.8) is 0 Å². The van der Waals surface area contributed by atoms with Crippen LogP contribution in [0.15, 0.2) is 24.3 Å². The van der Waals surface area contributed by atoms with Crippen LogP contribution in [0.2, 0.25) is 0 Å². The van der Waals surface area contributed by atoms with Crippen LogP contribution in [0.1, 0.15) is 40.0 Å². The molecule has 0 spiro atoms. The molecule has 0 saturated heterocycles. The summed E-state index contributed by atoms with van der Waals surface area (Å²) in [5.41, 5.74) is -0.223. The molecule has 2 N–H and O–H groups in total. The summed E-state index contributed by atoms with van der Waals surface area (Å²) in [5, 5.41) is 12.9. The van der Waals surface area contributed by atoms with Gasteiger partial charge in [0.15, 0.2) is 11.5 Å². The quantitative estimate of drug-likeness (QED) is 0.616. The van der Waals surface area contributed by atoms with Gasteiger partial charge >= 0.3 is 0 Å². The first kappa shape index (κ1) is 17.8. The molecule has 1 aromatic carbocycles. The van der Waals surface area contributed by atoms with Crippen LogP contribution in [0, 0.1) is 0 Å².